The smallest absolute Gasteiger partial charge is 0.308 e. The van der Waals surface area contributed by atoms with Gasteiger partial charge in [0.25, 0.3) is 0 Å². The van der Waals surface area contributed by atoms with Gasteiger partial charge in [-0.15, -0.1) is 5.10 Å². The number of carbonyl (C=O) groups excluding carboxylic acids is 1. The monoisotopic (exact) mass is 510 g/mol. The SMILES string of the molecule is COc1ccc(Cc2c(OC3O[C@H](COC(=O)C(C)C)[C@@H](O)[C@H](O)[C@H]3O)nn(C(C)C)c2C)c(F)c1. The van der Waals surface area contributed by atoms with Crippen LogP contribution >= 0.6 is 0 Å². The number of hydrogen-bond donors (Lipinski definition) is 3. The van der Waals surface area contributed by atoms with Gasteiger partial charge < -0.3 is 34.3 Å². The van der Waals surface area contributed by atoms with Gasteiger partial charge in [0.1, 0.15) is 42.6 Å². The highest BCUT2D eigenvalue weighted by Gasteiger charge is 2.46. The van der Waals surface area contributed by atoms with Crippen LogP contribution in [0.4, 0.5) is 4.39 Å². The average Bonchev–Trinajstić information content (AvgIpc) is 3.14. The summed E-state index contributed by atoms with van der Waals surface area (Å²) in [6.45, 7) is 8.64. The molecule has 0 aliphatic carbocycles. The lowest BCUT2D eigenvalue weighted by Crippen LogP contribution is -2.60. The van der Waals surface area contributed by atoms with E-state index >= 15 is 0 Å². The van der Waals surface area contributed by atoms with Crippen LogP contribution in [0.5, 0.6) is 11.6 Å². The van der Waals surface area contributed by atoms with E-state index in [1.54, 1.807) is 30.7 Å². The fourth-order valence-corrected chi connectivity index (χ4v) is 3.91. The van der Waals surface area contributed by atoms with Crippen LogP contribution in [0.3, 0.4) is 0 Å². The quantitative estimate of drug-likeness (QED) is 0.433. The summed E-state index contributed by atoms with van der Waals surface area (Å²) in [5.74, 6) is -0.882. The second kappa shape index (κ2) is 11.5. The molecule has 0 saturated carbocycles. The molecule has 1 fully saturated rings. The minimum Gasteiger partial charge on any atom is -0.497 e. The second-order valence-electron chi connectivity index (χ2n) is 9.46. The molecule has 5 atom stereocenters. The van der Waals surface area contributed by atoms with Crippen LogP contribution in [-0.4, -0.2) is 75.5 Å². The van der Waals surface area contributed by atoms with Gasteiger partial charge in [0.2, 0.25) is 12.2 Å². The standard InChI is InChI=1S/C25H35FN2O8/c1-12(2)24(32)34-11-19-20(29)21(30)22(31)25(35-19)36-23-17(14(5)28(27-23)13(3)4)9-15-7-8-16(33-6)10-18(15)26/h7-8,10,12-13,19-22,25,29-31H,9,11H2,1-6H3/t19-,20-,21+,22-,25?/m1/s1. The first-order valence-corrected chi connectivity index (χ1v) is 11.9. The highest BCUT2D eigenvalue weighted by molar-refractivity contribution is 5.71. The van der Waals surface area contributed by atoms with E-state index in [0.717, 1.165) is 5.69 Å². The Kier molecular flexibility index (Phi) is 8.93. The van der Waals surface area contributed by atoms with Crippen molar-refractivity contribution in [2.45, 2.75) is 77.8 Å². The van der Waals surface area contributed by atoms with Crippen LogP contribution in [-0.2, 0) is 20.7 Å². The van der Waals surface area contributed by atoms with E-state index in [4.69, 9.17) is 18.9 Å². The van der Waals surface area contributed by atoms with Gasteiger partial charge in [0.05, 0.1) is 13.0 Å². The van der Waals surface area contributed by atoms with Crippen LogP contribution in [0.25, 0.3) is 0 Å². The summed E-state index contributed by atoms with van der Waals surface area (Å²) in [5.41, 5.74) is 1.67. The number of esters is 1. The topological polar surface area (TPSA) is 132 Å². The predicted molar refractivity (Wildman–Crippen MR) is 126 cm³/mol. The van der Waals surface area contributed by atoms with E-state index in [9.17, 15) is 24.5 Å². The van der Waals surface area contributed by atoms with Gasteiger partial charge in [-0.1, -0.05) is 19.9 Å². The number of halogens is 1. The van der Waals surface area contributed by atoms with Crippen LogP contribution in [0.2, 0.25) is 0 Å². The summed E-state index contributed by atoms with van der Waals surface area (Å²) in [5, 5.41) is 35.8. The zero-order valence-corrected chi connectivity index (χ0v) is 21.3. The van der Waals surface area contributed by atoms with Crippen LogP contribution in [0, 0.1) is 18.7 Å². The number of aromatic nitrogens is 2. The van der Waals surface area contributed by atoms with Crippen molar-refractivity contribution in [2.75, 3.05) is 13.7 Å². The van der Waals surface area contributed by atoms with Crippen molar-refractivity contribution in [1.29, 1.82) is 0 Å². The molecule has 3 N–H and O–H groups in total. The zero-order chi connectivity index (χ0) is 26.7. The molecular formula is C25H35FN2O8. The van der Waals surface area contributed by atoms with Gasteiger partial charge in [-0.05, 0) is 32.4 Å². The first kappa shape index (κ1) is 27.9. The zero-order valence-electron chi connectivity index (χ0n) is 21.3. The molecule has 10 nitrogen and oxygen atoms in total. The molecule has 200 valence electrons. The maximum Gasteiger partial charge on any atom is 0.308 e. The largest absolute Gasteiger partial charge is 0.497 e. The Morgan fingerprint density at radius 3 is 2.44 bits per heavy atom. The highest BCUT2D eigenvalue weighted by Crippen LogP contribution is 2.31. The summed E-state index contributed by atoms with van der Waals surface area (Å²) in [6.07, 6.45) is -7.20. The van der Waals surface area contributed by atoms with Gasteiger partial charge in [-0.2, -0.15) is 0 Å². The van der Waals surface area contributed by atoms with Crippen LogP contribution in [0.15, 0.2) is 18.2 Å². The highest BCUT2D eigenvalue weighted by atomic mass is 19.1. The van der Waals surface area contributed by atoms with Gasteiger partial charge >= 0.3 is 5.97 Å². The second-order valence-corrected chi connectivity index (χ2v) is 9.46. The average molecular weight is 511 g/mol. The Hall–Kier alpha value is -2.73. The molecule has 11 heteroatoms. The number of methoxy groups -OCH3 is 1. The Morgan fingerprint density at radius 2 is 1.86 bits per heavy atom. The third kappa shape index (κ3) is 5.97. The van der Waals surface area contributed by atoms with Gasteiger partial charge in [-0.25, -0.2) is 4.39 Å². The molecule has 1 aromatic carbocycles. The molecule has 0 amide bonds. The van der Waals surface area contributed by atoms with E-state index in [1.165, 1.54) is 13.2 Å². The normalized spacial score (nSPS) is 24.3. The van der Waals surface area contributed by atoms with Crippen LogP contribution in [0.1, 0.15) is 50.6 Å². The van der Waals surface area contributed by atoms with E-state index in [1.807, 2.05) is 20.8 Å². The molecule has 1 aromatic heterocycles. The molecule has 0 bridgehead atoms. The minimum absolute atomic E-state index is 0.0466. The summed E-state index contributed by atoms with van der Waals surface area (Å²) in [7, 11) is 1.45. The molecule has 36 heavy (non-hydrogen) atoms. The summed E-state index contributed by atoms with van der Waals surface area (Å²) in [4.78, 5) is 11.8. The molecule has 1 saturated heterocycles. The molecule has 2 heterocycles. The van der Waals surface area contributed by atoms with Gasteiger partial charge in [0, 0.05) is 29.8 Å². The Bertz CT molecular complexity index is 1060. The first-order valence-electron chi connectivity index (χ1n) is 11.9. The summed E-state index contributed by atoms with van der Waals surface area (Å²) >= 11 is 0. The van der Waals surface area contributed by atoms with Crippen molar-refractivity contribution < 1.29 is 43.5 Å². The number of nitrogens with zero attached hydrogens (tertiary/aromatic N) is 2. The van der Waals surface area contributed by atoms with E-state index < -0.39 is 48.4 Å². The van der Waals surface area contributed by atoms with E-state index in [2.05, 4.69) is 5.10 Å². The molecule has 3 rings (SSSR count). The number of aliphatic hydroxyl groups excluding tert-OH is 3. The molecule has 0 spiro atoms. The summed E-state index contributed by atoms with van der Waals surface area (Å²) in [6, 6.07) is 4.49. The fraction of sp³-hybridized carbons (Fsp3) is 0.600. The molecular weight excluding hydrogens is 475 g/mol. The molecule has 1 unspecified atom stereocenters. The molecule has 2 aromatic rings. The summed E-state index contributed by atoms with van der Waals surface area (Å²) < 4.78 is 38.2. The number of benzene rings is 1. The molecule has 1 aliphatic heterocycles. The van der Waals surface area contributed by atoms with Crippen molar-refractivity contribution in [3.63, 3.8) is 0 Å². The Morgan fingerprint density at radius 1 is 1.17 bits per heavy atom. The van der Waals surface area contributed by atoms with Crippen molar-refractivity contribution in [2.24, 2.45) is 5.92 Å². The number of rotatable bonds is 9. The van der Waals surface area contributed by atoms with E-state index in [-0.39, 0.29) is 24.9 Å². The molecule has 0 radical (unpaired) electrons. The van der Waals surface area contributed by atoms with Crippen molar-refractivity contribution in [3.05, 3.63) is 40.8 Å². The van der Waals surface area contributed by atoms with Gasteiger partial charge in [0.15, 0.2) is 0 Å². The fourth-order valence-electron chi connectivity index (χ4n) is 3.91. The lowest BCUT2D eigenvalue weighted by molar-refractivity contribution is -0.279. The van der Waals surface area contributed by atoms with Crippen LogP contribution < -0.4 is 9.47 Å². The lowest BCUT2D eigenvalue weighted by Gasteiger charge is -2.39. The Balaban J connectivity index is 1.88. The van der Waals surface area contributed by atoms with Crippen molar-refractivity contribution >= 4 is 5.97 Å². The number of aliphatic hydroxyl groups is 3. The number of carbonyl (C=O) groups is 1. The van der Waals surface area contributed by atoms with Gasteiger partial charge in [-0.3, -0.25) is 9.48 Å². The molecule has 1 aliphatic rings. The first-order chi connectivity index (χ1) is 16.9. The lowest BCUT2D eigenvalue weighted by atomic mass is 9.99. The third-order valence-corrected chi connectivity index (χ3v) is 6.11. The number of hydrogen-bond acceptors (Lipinski definition) is 9. The maximum atomic E-state index is 14.7. The minimum atomic E-state index is -1.62. The predicted octanol–water partition coefficient (Wildman–Crippen LogP) is 1.90. The van der Waals surface area contributed by atoms with Crippen molar-refractivity contribution in [3.8, 4) is 11.6 Å². The van der Waals surface area contributed by atoms with Crippen molar-refractivity contribution in [1.82, 2.24) is 9.78 Å². The Labute approximate surface area is 209 Å². The number of ether oxygens (including phenoxy) is 4. The third-order valence-electron chi connectivity index (χ3n) is 6.11. The van der Waals surface area contributed by atoms with E-state index in [0.29, 0.717) is 16.9 Å². The maximum absolute atomic E-state index is 14.7.